The number of hydrogen-bond acceptors (Lipinski definition) is 4. The van der Waals surface area contributed by atoms with Crippen molar-refractivity contribution < 1.29 is 13.8 Å². The minimum Gasteiger partial charge on any atom is -0.433 e. The Hall–Kier alpha value is -2.19. The predicted octanol–water partition coefficient (Wildman–Crippen LogP) is 4.24. The Bertz CT molecular complexity index is 974. The minimum atomic E-state index is -0.0447. The van der Waals surface area contributed by atoms with Crippen LogP contribution >= 0.6 is 12.9 Å². The highest BCUT2D eigenvalue weighted by Crippen LogP contribution is 2.65. The number of hydrogen-bond donors (Lipinski definition) is 1. The van der Waals surface area contributed by atoms with Gasteiger partial charge in [0.25, 0.3) is 0 Å². The molecule has 1 saturated heterocycles. The van der Waals surface area contributed by atoms with E-state index < -0.39 is 0 Å². The maximum absolute atomic E-state index is 13.3. The third-order valence-corrected chi connectivity index (χ3v) is 7.01. The number of likely N-dealkylation sites (tertiary alicyclic amines) is 1. The van der Waals surface area contributed by atoms with Crippen LogP contribution in [0.1, 0.15) is 61.8 Å². The summed E-state index contributed by atoms with van der Waals surface area (Å²) >= 11 is 4.11. The van der Waals surface area contributed by atoms with Crippen molar-refractivity contribution in [2.45, 2.75) is 53.4 Å². The molecule has 0 aromatic heterocycles. The lowest BCUT2D eigenvalue weighted by molar-refractivity contribution is -0.171. The maximum atomic E-state index is 13.3. The molecule has 29 heavy (non-hydrogen) atoms. The Morgan fingerprint density at radius 1 is 1.14 bits per heavy atom. The molecular weight excluding hydrogens is 382 g/mol. The van der Waals surface area contributed by atoms with E-state index in [4.69, 9.17) is 4.18 Å². The van der Waals surface area contributed by atoms with Crippen molar-refractivity contribution in [1.29, 1.82) is 0 Å². The van der Waals surface area contributed by atoms with E-state index in [1.54, 1.807) is 6.92 Å². The van der Waals surface area contributed by atoms with Gasteiger partial charge in [-0.2, -0.15) is 0 Å². The monoisotopic (exact) mass is 409 g/mol. The molecular formula is C24H27NO3S. The van der Waals surface area contributed by atoms with Crippen LogP contribution in [0.25, 0.3) is 5.57 Å². The lowest BCUT2D eigenvalue weighted by atomic mass is 9.46. The number of thiol groups is 1. The summed E-state index contributed by atoms with van der Waals surface area (Å²) in [5.41, 5.74) is 4.82. The van der Waals surface area contributed by atoms with E-state index in [0.29, 0.717) is 17.8 Å². The molecule has 1 aliphatic heterocycles. The van der Waals surface area contributed by atoms with E-state index in [9.17, 15) is 9.59 Å². The fourth-order valence-corrected chi connectivity index (χ4v) is 6.16. The van der Waals surface area contributed by atoms with Gasteiger partial charge in [-0.15, -0.1) is 5.92 Å². The summed E-state index contributed by atoms with van der Waals surface area (Å²) in [5, 5.41) is 0. The van der Waals surface area contributed by atoms with Crippen molar-refractivity contribution in [3.63, 3.8) is 0 Å². The molecule has 0 bridgehead atoms. The normalized spacial score (nSPS) is 21.4. The van der Waals surface area contributed by atoms with E-state index in [-0.39, 0.29) is 22.5 Å². The van der Waals surface area contributed by atoms with Crippen LogP contribution in [0.2, 0.25) is 0 Å². The number of benzene rings is 1. The largest absolute Gasteiger partial charge is 0.433 e. The Morgan fingerprint density at radius 3 is 2.28 bits per heavy atom. The van der Waals surface area contributed by atoms with Crippen molar-refractivity contribution >= 4 is 30.2 Å². The Balaban J connectivity index is 1.62. The van der Waals surface area contributed by atoms with E-state index in [2.05, 4.69) is 24.8 Å². The van der Waals surface area contributed by atoms with E-state index >= 15 is 0 Å². The van der Waals surface area contributed by atoms with Gasteiger partial charge >= 0.3 is 0 Å². The summed E-state index contributed by atoms with van der Waals surface area (Å²) in [6.45, 7) is 9.13. The van der Waals surface area contributed by atoms with Crippen LogP contribution in [0, 0.1) is 36.5 Å². The van der Waals surface area contributed by atoms with E-state index in [0.717, 1.165) is 54.6 Å². The number of nitrogens with zero attached hydrogens (tertiary/aromatic N) is 1. The van der Waals surface area contributed by atoms with Crippen molar-refractivity contribution in [2.75, 3.05) is 13.1 Å². The third-order valence-electron chi connectivity index (χ3n) is 6.79. The van der Waals surface area contributed by atoms with Crippen LogP contribution in [-0.2, 0) is 13.8 Å². The molecule has 1 saturated carbocycles. The van der Waals surface area contributed by atoms with E-state index in [1.165, 1.54) is 0 Å². The number of rotatable bonds is 2. The number of carbonyl (C=O) groups is 2. The zero-order valence-corrected chi connectivity index (χ0v) is 18.4. The lowest BCUT2D eigenvalue weighted by Gasteiger charge is -2.65. The molecule has 0 N–H and O–H groups in total. The van der Waals surface area contributed by atoms with Gasteiger partial charge in [-0.1, -0.05) is 5.92 Å². The molecule has 4 nitrogen and oxygen atoms in total. The summed E-state index contributed by atoms with van der Waals surface area (Å²) < 4.78 is 5.49. The molecule has 2 aliphatic carbocycles. The second kappa shape index (κ2) is 6.95. The lowest BCUT2D eigenvalue weighted by Crippen LogP contribution is -2.67. The van der Waals surface area contributed by atoms with Crippen molar-refractivity contribution in [3.8, 4) is 11.8 Å². The van der Waals surface area contributed by atoms with Gasteiger partial charge in [-0.25, -0.2) is 0 Å². The molecule has 0 atom stereocenters. The van der Waals surface area contributed by atoms with Crippen molar-refractivity contribution in [3.05, 3.63) is 40.1 Å². The van der Waals surface area contributed by atoms with Gasteiger partial charge in [-0.05, 0) is 67.9 Å². The summed E-state index contributed by atoms with van der Waals surface area (Å²) in [5.74, 6) is 6.99. The molecule has 5 heteroatoms. The number of carbonyl (C=O) groups excluding carboxylic acids is 2. The SMILES string of the molecule is CC#Cc1cc(C)c(C2=C(OS)CC3(CC2=O)CC2(CN(C(C)=O)C2)C3)c(C)c1. The molecule has 0 unspecified atom stereocenters. The Kier molecular flexibility index (Phi) is 4.82. The average Bonchev–Trinajstić information content (AvgIpc) is 2.58. The highest BCUT2D eigenvalue weighted by molar-refractivity contribution is 7.75. The van der Waals surface area contributed by atoms with Crippen LogP contribution in [0.5, 0.6) is 0 Å². The fraction of sp³-hybridized carbons (Fsp3) is 0.500. The van der Waals surface area contributed by atoms with Gasteiger partial charge in [0.1, 0.15) is 5.76 Å². The smallest absolute Gasteiger partial charge is 0.219 e. The molecule has 3 aliphatic rings. The minimum absolute atomic E-state index is 0.0447. The van der Waals surface area contributed by atoms with Crippen LogP contribution in [0.3, 0.4) is 0 Å². The first-order valence-electron chi connectivity index (χ1n) is 10.1. The zero-order chi connectivity index (χ0) is 21.0. The molecule has 0 radical (unpaired) electrons. The zero-order valence-electron chi connectivity index (χ0n) is 17.5. The second-order valence-electron chi connectivity index (χ2n) is 9.25. The van der Waals surface area contributed by atoms with Gasteiger partial charge in [0.05, 0.1) is 5.57 Å². The van der Waals surface area contributed by atoms with Gasteiger partial charge in [0.2, 0.25) is 5.91 Å². The van der Waals surface area contributed by atoms with Gasteiger partial charge in [-0.3, -0.25) is 9.59 Å². The van der Waals surface area contributed by atoms with Gasteiger partial charge < -0.3 is 9.08 Å². The fourth-order valence-electron chi connectivity index (χ4n) is 6.01. The first-order chi connectivity index (χ1) is 13.7. The number of amides is 1. The van der Waals surface area contributed by atoms with Crippen molar-refractivity contribution in [2.24, 2.45) is 10.8 Å². The molecule has 1 aromatic carbocycles. The van der Waals surface area contributed by atoms with Gasteiger partial charge in [0, 0.05) is 56.7 Å². The highest BCUT2D eigenvalue weighted by Gasteiger charge is 2.62. The molecule has 152 valence electrons. The summed E-state index contributed by atoms with van der Waals surface area (Å²) in [4.78, 5) is 26.7. The standard InChI is InChI=1S/C24H27NO3S/c1-5-6-18-7-15(2)21(16(3)8-18)22-19(27)9-23(10-20(22)28-29)11-24(12-23)13-25(14-24)17(4)26/h7-8,29H,9-14H2,1-4H3. The van der Waals surface area contributed by atoms with Crippen LogP contribution in [-0.4, -0.2) is 29.7 Å². The summed E-state index contributed by atoms with van der Waals surface area (Å²) in [6, 6.07) is 4.06. The summed E-state index contributed by atoms with van der Waals surface area (Å²) in [7, 11) is 0. The number of allylic oxidation sites excluding steroid dienone is 2. The first kappa shape index (κ1) is 20.1. The topological polar surface area (TPSA) is 46.6 Å². The number of Topliss-reactive ketones (excluding diaryl/α,β-unsaturated/α-hetero) is 1. The van der Waals surface area contributed by atoms with Crippen molar-refractivity contribution in [1.82, 2.24) is 4.90 Å². The molecule has 1 amide bonds. The summed E-state index contributed by atoms with van der Waals surface area (Å²) in [6.07, 6.45) is 3.23. The average molecular weight is 410 g/mol. The molecule has 4 rings (SSSR count). The molecule has 2 spiro atoms. The van der Waals surface area contributed by atoms with Gasteiger partial charge in [0.15, 0.2) is 5.78 Å². The number of aryl methyl sites for hydroxylation is 2. The predicted molar refractivity (Wildman–Crippen MR) is 116 cm³/mol. The quantitative estimate of drug-likeness (QED) is 0.452. The third kappa shape index (κ3) is 3.28. The first-order valence-corrected chi connectivity index (χ1v) is 10.5. The highest BCUT2D eigenvalue weighted by atomic mass is 32.1. The molecule has 1 aromatic rings. The second-order valence-corrected chi connectivity index (χ2v) is 9.44. The van der Waals surface area contributed by atoms with Crippen LogP contribution < -0.4 is 0 Å². The Morgan fingerprint density at radius 2 is 1.76 bits per heavy atom. The molecule has 1 heterocycles. The Labute approximate surface area is 178 Å². The molecule has 2 fully saturated rings. The van der Waals surface area contributed by atoms with Crippen LogP contribution in [0.4, 0.5) is 0 Å². The van der Waals surface area contributed by atoms with E-state index in [1.807, 2.05) is 37.8 Å². The maximum Gasteiger partial charge on any atom is 0.219 e. The number of ketones is 1. The van der Waals surface area contributed by atoms with Crippen LogP contribution in [0.15, 0.2) is 17.9 Å².